The highest BCUT2D eigenvalue weighted by Crippen LogP contribution is 2.15. The van der Waals surface area contributed by atoms with Gasteiger partial charge in [0.15, 0.2) is 0 Å². The van der Waals surface area contributed by atoms with E-state index in [1.165, 1.54) is 5.56 Å². The number of amides is 3. The number of nitrogens with one attached hydrogen (secondary N) is 1. The van der Waals surface area contributed by atoms with Crippen LogP contribution in [0.25, 0.3) is 0 Å². The monoisotopic (exact) mass is 409 g/mol. The molecule has 6 nitrogen and oxygen atoms in total. The van der Waals surface area contributed by atoms with E-state index >= 15 is 0 Å². The van der Waals surface area contributed by atoms with Crippen LogP contribution in [0, 0.1) is 0 Å². The molecule has 1 saturated heterocycles. The quantitative estimate of drug-likeness (QED) is 0.796. The number of nitrogens with zero attached hydrogens (tertiary/aromatic N) is 2. The maximum atomic E-state index is 12.7. The highest BCUT2D eigenvalue weighted by molar-refractivity contribution is 5.94. The maximum absolute atomic E-state index is 12.7. The van der Waals surface area contributed by atoms with Gasteiger partial charge in [-0.05, 0) is 55.2 Å². The van der Waals surface area contributed by atoms with Gasteiger partial charge in [0.25, 0.3) is 5.91 Å². The summed E-state index contributed by atoms with van der Waals surface area (Å²) >= 11 is 0. The Morgan fingerprint density at radius 3 is 2.30 bits per heavy atom. The fourth-order valence-electron chi connectivity index (χ4n) is 3.68. The zero-order chi connectivity index (χ0) is 21.5. The van der Waals surface area contributed by atoms with Crippen molar-refractivity contribution in [1.82, 2.24) is 15.1 Å². The van der Waals surface area contributed by atoms with Crippen molar-refractivity contribution in [3.63, 3.8) is 0 Å². The number of aryl methyl sites for hydroxylation is 1. The lowest BCUT2D eigenvalue weighted by Crippen LogP contribution is -2.54. The molecule has 1 fully saturated rings. The van der Waals surface area contributed by atoms with Gasteiger partial charge in [-0.15, -0.1) is 0 Å². The van der Waals surface area contributed by atoms with Crippen molar-refractivity contribution in [2.45, 2.75) is 32.7 Å². The molecule has 30 heavy (non-hydrogen) atoms. The largest absolute Gasteiger partial charge is 0.497 e. The van der Waals surface area contributed by atoms with Crippen molar-refractivity contribution in [3.8, 4) is 5.75 Å². The summed E-state index contributed by atoms with van der Waals surface area (Å²) in [5.74, 6) is 0.847. The molecule has 0 aromatic heterocycles. The number of benzene rings is 2. The highest BCUT2D eigenvalue weighted by Gasteiger charge is 2.25. The third kappa shape index (κ3) is 5.53. The number of methoxy groups -OCH3 is 1. The van der Waals surface area contributed by atoms with E-state index in [1.54, 1.807) is 12.0 Å². The van der Waals surface area contributed by atoms with E-state index in [1.807, 2.05) is 60.4 Å². The van der Waals surface area contributed by atoms with Crippen LogP contribution in [0.15, 0.2) is 48.5 Å². The minimum atomic E-state index is -0.0789. The summed E-state index contributed by atoms with van der Waals surface area (Å²) in [4.78, 5) is 28.9. The van der Waals surface area contributed by atoms with Gasteiger partial charge in [0.05, 0.1) is 7.11 Å². The summed E-state index contributed by atoms with van der Waals surface area (Å²) in [7, 11) is 1.65. The Morgan fingerprint density at radius 1 is 1.00 bits per heavy atom. The Hall–Kier alpha value is -3.02. The van der Waals surface area contributed by atoms with E-state index in [2.05, 4.69) is 12.2 Å². The van der Waals surface area contributed by atoms with E-state index < -0.39 is 0 Å². The summed E-state index contributed by atoms with van der Waals surface area (Å²) in [6.07, 6.45) is 1.69. The summed E-state index contributed by atoms with van der Waals surface area (Å²) in [5, 5.41) is 3.07. The summed E-state index contributed by atoms with van der Waals surface area (Å²) in [5.41, 5.74) is 3.04. The minimum absolute atomic E-state index is 0.00125. The first kappa shape index (κ1) is 21.7. The number of hydrogen-bond donors (Lipinski definition) is 1. The van der Waals surface area contributed by atoms with Crippen LogP contribution in [-0.2, 0) is 12.8 Å². The number of hydrogen-bond acceptors (Lipinski definition) is 3. The van der Waals surface area contributed by atoms with Crippen LogP contribution in [0.4, 0.5) is 4.79 Å². The number of piperazine rings is 1. The van der Waals surface area contributed by atoms with E-state index in [0.717, 1.165) is 24.2 Å². The molecule has 1 atom stereocenters. The summed E-state index contributed by atoms with van der Waals surface area (Å²) in [6, 6.07) is 15.6. The molecule has 1 heterocycles. The molecule has 1 N–H and O–H groups in total. The Bertz CT molecular complexity index is 858. The molecule has 2 aromatic carbocycles. The van der Waals surface area contributed by atoms with Crippen LogP contribution in [0.3, 0.4) is 0 Å². The zero-order valence-corrected chi connectivity index (χ0v) is 18.1. The second kappa shape index (κ2) is 10.1. The molecule has 6 heteroatoms. The first-order valence-corrected chi connectivity index (χ1v) is 10.6. The number of urea groups is 1. The van der Waals surface area contributed by atoms with Crippen molar-refractivity contribution in [3.05, 3.63) is 65.2 Å². The van der Waals surface area contributed by atoms with Crippen LogP contribution in [0.5, 0.6) is 5.75 Å². The molecule has 1 aliphatic rings. The fourth-order valence-corrected chi connectivity index (χ4v) is 3.68. The molecule has 2 aromatic rings. The van der Waals surface area contributed by atoms with Gasteiger partial charge in [0.1, 0.15) is 5.75 Å². The van der Waals surface area contributed by atoms with Gasteiger partial charge in [0, 0.05) is 37.8 Å². The zero-order valence-electron chi connectivity index (χ0n) is 18.1. The van der Waals surface area contributed by atoms with Crippen molar-refractivity contribution in [2.75, 3.05) is 33.3 Å². The lowest BCUT2D eigenvalue weighted by Gasteiger charge is -2.35. The Kier molecular flexibility index (Phi) is 7.33. The molecule has 1 unspecified atom stereocenters. The molecule has 0 bridgehead atoms. The van der Waals surface area contributed by atoms with Gasteiger partial charge < -0.3 is 19.9 Å². The minimum Gasteiger partial charge on any atom is -0.497 e. The molecule has 1 aliphatic heterocycles. The van der Waals surface area contributed by atoms with E-state index in [9.17, 15) is 9.59 Å². The number of ether oxygens (including phenoxy) is 1. The SMILES string of the molecule is CCc1ccc(C(=O)N2CCN(C(=O)NC(C)Cc3cccc(OC)c3)CC2)cc1. The van der Waals surface area contributed by atoms with Crippen LogP contribution in [0.2, 0.25) is 0 Å². The predicted molar refractivity (Wildman–Crippen MR) is 118 cm³/mol. The van der Waals surface area contributed by atoms with Crippen molar-refractivity contribution in [1.29, 1.82) is 0 Å². The summed E-state index contributed by atoms with van der Waals surface area (Å²) in [6.45, 7) is 6.26. The smallest absolute Gasteiger partial charge is 0.317 e. The molecular formula is C24H31N3O3. The van der Waals surface area contributed by atoms with Gasteiger partial charge in [0.2, 0.25) is 0 Å². The second-order valence-corrected chi connectivity index (χ2v) is 7.74. The lowest BCUT2D eigenvalue weighted by atomic mass is 10.1. The van der Waals surface area contributed by atoms with Gasteiger partial charge in [-0.2, -0.15) is 0 Å². The van der Waals surface area contributed by atoms with E-state index in [4.69, 9.17) is 4.74 Å². The number of carbonyl (C=O) groups is 2. The third-order valence-electron chi connectivity index (χ3n) is 5.51. The van der Waals surface area contributed by atoms with Gasteiger partial charge >= 0.3 is 6.03 Å². The first-order chi connectivity index (χ1) is 14.5. The average Bonchev–Trinajstić information content (AvgIpc) is 2.78. The lowest BCUT2D eigenvalue weighted by molar-refractivity contribution is 0.0663. The molecular weight excluding hydrogens is 378 g/mol. The van der Waals surface area contributed by atoms with E-state index in [-0.39, 0.29) is 18.0 Å². The Morgan fingerprint density at radius 2 is 1.67 bits per heavy atom. The van der Waals surface area contributed by atoms with Gasteiger partial charge in [-0.1, -0.05) is 31.2 Å². The van der Waals surface area contributed by atoms with Crippen LogP contribution in [-0.4, -0.2) is 61.1 Å². The molecule has 0 aliphatic carbocycles. The highest BCUT2D eigenvalue weighted by atomic mass is 16.5. The molecule has 160 valence electrons. The topological polar surface area (TPSA) is 61.9 Å². The standard InChI is InChI=1S/C24H31N3O3/c1-4-19-8-10-21(11-9-19)23(28)26-12-14-27(15-13-26)24(29)25-18(2)16-20-6-5-7-22(17-20)30-3/h5-11,17-18H,4,12-16H2,1-3H3,(H,25,29). The molecule has 0 saturated carbocycles. The molecule has 3 rings (SSSR count). The number of rotatable bonds is 6. The first-order valence-electron chi connectivity index (χ1n) is 10.6. The van der Waals surface area contributed by atoms with Crippen molar-refractivity contribution >= 4 is 11.9 Å². The third-order valence-corrected chi connectivity index (χ3v) is 5.51. The van der Waals surface area contributed by atoms with Crippen LogP contribution in [0.1, 0.15) is 35.3 Å². The van der Waals surface area contributed by atoms with Crippen LogP contribution >= 0.6 is 0 Å². The molecule has 3 amide bonds. The Balaban J connectivity index is 1.47. The predicted octanol–water partition coefficient (Wildman–Crippen LogP) is 3.36. The van der Waals surface area contributed by atoms with Gasteiger partial charge in [-0.25, -0.2) is 4.79 Å². The molecule has 0 spiro atoms. The van der Waals surface area contributed by atoms with Crippen LogP contribution < -0.4 is 10.1 Å². The summed E-state index contributed by atoms with van der Waals surface area (Å²) < 4.78 is 5.26. The van der Waals surface area contributed by atoms with E-state index in [0.29, 0.717) is 31.7 Å². The van der Waals surface area contributed by atoms with Gasteiger partial charge in [-0.3, -0.25) is 4.79 Å². The normalized spacial score (nSPS) is 14.9. The second-order valence-electron chi connectivity index (χ2n) is 7.74. The maximum Gasteiger partial charge on any atom is 0.317 e. The number of carbonyl (C=O) groups excluding carboxylic acids is 2. The fraction of sp³-hybridized carbons (Fsp3) is 0.417. The Labute approximate surface area is 178 Å². The van der Waals surface area contributed by atoms with Crippen molar-refractivity contribution < 1.29 is 14.3 Å². The average molecular weight is 410 g/mol. The van der Waals surface area contributed by atoms with Crippen molar-refractivity contribution in [2.24, 2.45) is 0 Å². The molecule has 0 radical (unpaired) electrons.